The average molecular weight is 405 g/mol. The van der Waals surface area contributed by atoms with Crippen molar-refractivity contribution in [2.24, 2.45) is 0 Å². The lowest BCUT2D eigenvalue weighted by Crippen LogP contribution is -2.09. The minimum Gasteiger partial charge on any atom is -0.463 e. The van der Waals surface area contributed by atoms with Crippen molar-refractivity contribution >= 4 is 28.5 Å². The molecule has 0 aliphatic rings. The predicted octanol–water partition coefficient (Wildman–Crippen LogP) is 5.65. The first-order chi connectivity index (χ1) is 14.1. The first-order valence-corrected chi connectivity index (χ1v) is 9.55. The Morgan fingerprint density at radius 3 is 2.48 bits per heavy atom. The van der Waals surface area contributed by atoms with E-state index in [2.05, 4.69) is 0 Å². The number of benzene rings is 3. The van der Waals surface area contributed by atoms with E-state index >= 15 is 0 Å². The summed E-state index contributed by atoms with van der Waals surface area (Å²) in [5.74, 6) is -0.00700. The van der Waals surface area contributed by atoms with Gasteiger partial charge in [0.15, 0.2) is 0 Å². The number of halogens is 1. The van der Waals surface area contributed by atoms with Crippen LogP contribution in [0.25, 0.3) is 22.1 Å². The van der Waals surface area contributed by atoms with Gasteiger partial charge in [-0.1, -0.05) is 60.1 Å². The SMILES string of the molecule is O=C(CCc1ccccc1)Oc1ccc2c(=O)c(-c3ccccc3Cl)coc2c1. The number of aryl methyl sites for hydroxylation is 1. The van der Waals surface area contributed by atoms with Gasteiger partial charge in [0.05, 0.1) is 10.9 Å². The van der Waals surface area contributed by atoms with Crippen LogP contribution >= 0.6 is 11.6 Å². The van der Waals surface area contributed by atoms with E-state index in [9.17, 15) is 9.59 Å². The van der Waals surface area contributed by atoms with Crippen molar-refractivity contribution < 1.29 is 13.9 Å². The number of esters is 1. The Labute approximate surface area is 172 Å². The van der Waals surface area contributed by atoms with E-state index in [0.717, 1.165) is 5.56 Å². The highest BCUT2D eigenvalue weighted by Gasteiger charge is 2.13. The van der Waals surface area contributed by atoms with E-state index in [1.54, 1.807) is 36.4 Å². The largest absolute Gasteiger partial charge is 0.463 e. The maximum absolute atomic E-state index is 12.8. The number of hydrogen-bond acceptors (Lipinski definition) is 4. The molecule has 144 valence electrons. The van der Waals surface area contributed by atoms with Gasteiger partial charge in [-0.2, -0.15) is 0 Å². The van der Waals surface area contributed by atoms with Gasteiger partial charge in [0, 0.05) is 23.1 Å². The quantitative estimate of drug-likeness (QED) is 0.318. The summed E-state index contributed by atoms with van der Waals surface area (Å²) >= 11 is 6.20. The fraction of sp³-hybridized carbons (Fsp3) is 0.0833. The van der Waals surface area contributed by atoms with Crippen molar-refractivity contribution in [3.8, 4) is 16.9 Å². The number of carbonyl (C=O) groups is 1. The molecule has 1 aromatic heterocycles. The molecule has 1 heterocycles. The Balaban J connectivity index is 1.54. The highest BCUT2D eigenvalue weighted by atomic mass is 35.5. The molecule has 0 radical (unpaired) electrons. The summed E-state index contributed by atoms with van der Waals surface area (Å²) in [7, 11) is 0. The van der Waals surface area contributed by atoms with Gasteiger partial charge in [0.25, 0.3) is 0 Å². The molecular formula is C24H17ClO4. The van der Waals surface area contributed by atoms with Crippen molar-refractivity contribution in [3.05, 3.63) is 99.9 Å². The molecule has 4 aromatic rings. The molecule has 0 fully saturated rings. The number of hydrogen-bond donors (Lipinski definition) is 0. The third-order valence-corrected chi connectivity index (χ3v) is 4.93. The van der Waals surface area contributed by atoms with Crippen LogP contribution < -0.4 is 10.2 Å². The molecule has 0 aliphatic carbocycles. The normalized spacial score (nSPS) is 10.8. The fourth-order valence-corrected chi connectivity index (χ4v) is 3.35. The van der Waals surface area contributed by atoms with Crippen LogP contribution in [0.3, 0.4) is 0 Å². The lowest BCUT2D eigenvalue weighted by atomic mass is 10.1. The zero-order valence-corrected chi connectivity index (χ0v) is 16.2. The smallest absolute Gasteiger partial charge is 0.311 e. The van der Waals surface area contributed by atoms with Gasteiger partial charge < -0.3 is 9.15 Å². The van der Waals surface area contributed by atoms with Crippen molar-refractivity contribution in [1.29, 1.82) is 0 Å². The Hall–Kier alpha value is -3.37. The maximum atomic E-state index is 12.8. The molecule has 0 amide bonds. The van der Waals surface area contributed by atoms with Crippen molar-refractivity contribution in [1.82, 2.24) is 0 Å². The third kappa shape index (κ3) is 4.23. The molecule has 0 spiro atoms. The minimum atomic E-state index is -0.344. The van der Waals surface area contributed by atoms with E-state index in [0.29, 0.717) is 39.3 Å². The molecule has 0 N–H and O–H groups in total. The van der Waals surface area contributed by atoms with Gasteiger partial charge in [0.1, 0.15) is 17.6 Å². The van der Waals surface area contributed by atoms with Crippen molar-refractivity contribution in [2.45, 2.75) is 12.8 Å². The summed E-state index contributed by atoms with van der Waals surface area (Å²) in [5.41, 5.74) is 2.22. The van der Waals surface area contributed by atoms with E-state index in [1.165, 1.54) is 6.26 Å². The average Bonchev–Trinajstić information content (AvgIpc) is 2.74. The molecular weight excluding hydrogens is 388 g/mol. The third-order valence-electron chi connectivity index (χ3n) is 4.60. The highest BCUT2D eigenvalue weighted by molar-refractivity contribution is 6.33. The summed E-state index contributed by atoms with van der Waals surface area (Å²) in [6, 6.07) is 21.6. The number of carbonyl (C=O) groups excluding carboxylic acids is 1. The van der Waals surface area contributed by atoms with E-state index < -0.39 is 0 Å². The molecule has 0 aliphatic heterocycles. The molecule has 3 aromatic carbocycles. The Kier molecular flexibility index (Phi) is 5.45. The van der Waals surface area contributed by atoms with Crippen molar-refractivity contribution in [2.75, 3.05) is 0 Å². The van der Waals surface area contributed by atoms with Gasteiger partial charge >= 0.3 is 5.97 Å². The van der Waals surface area contributed by atoms with Crippen LogP contribution in [0.1, 0.15) is 12.0 Å². The first kappa shape index (κ1) is 19.0. The van der Waals surface area contributed by atoms with Gasteiger partial charge in [-0.25, -0.2) is 0 Å². The zero-order chi connectivity index (χ0) is 20.2. The summed E-state index contributed by atoms with van der Waals surface area (Å²) in [6.45, 7) is 0. The Morgan fingerprint density at radius 1 is 0.931 bits per heavy atom. The van der Waals surface area contributed by atoms with E-state index in [-0.39, 0.29) is 17.8 Å². The van der Waals surface area contributed by atoms with Crippen LogP contribution in [0.2, 0.25) is 5.02 Å². The summed E-state index contributed by atoms with van der Waals surface area (Å²) in [6.07, 6.45) is 2.24. The molecule has 0 saturated heterocycles. The zero-order valence-electron chi connectivity index (χ0n) is 15.4. The van der Waals surface area contributed by atoms with Crippen LogP contribution in [0.15, 0.2) is 88.3 Å². The Bertz CT molecular complexity index is 1230. The minimum absolute atomic E-state index is 0.193. The molecule has 0 bridgehead atoms. The molecule has 0 unspecified atom stereocenters. The monoisotopic (exact) mass is 404 g/mol. The summed E-state index contributed by atoms with van der Waals surface area (Å²) < 4.78 is 11.0. The number of rotatable bonds is 5. The van der Waals surface area contributed by atoms with Crippen LogP contribution in [-0.2, 0) is 11.2 Å². The maximum Gasteiger partial charge on any atom is 0.311 e. The summed E-state index contributed by atoms with van der Waals surface area (Å²) in [5, 5.41) is 0.870. The van der Waals surface area contributed by atoms with Crippen LogP contribution in [0.4, 0.5) is 0 Å². The second-order valence-corrected chi connectivity index (χ2v) is 6.98. The Morgan fingerprint density at radius 2 is 1.69 bits per heavy atom. The standard InChI is InChI=1S/C24H17ClO4/c25-21-9-5-4-8-18(21)20-15-28-22-14-17(11-12-19(22)24(20)27)29-23(26)13-10-16-6-2-1-3-7-16/h1-9,11-12,14-15H,10,13H2. The second kappa shape index (κ2) is 8.33. The highest BCUT2D eigenvalue weighted by Crippen LogP contribution is 2.28. The van der Waals surface area contributed by atoms with Gasteiger partial charge in [-0.15, -0.1) is 0 Å². The van der Waals surface area contributed by atoms with Gasteiger partial charge in [0.2, 0.25) is 5.43 Å². The lowest BCUT2D eigenvalue weighted by Gasteiger charge is -2.07. The molecule has 5 heteroatoms. The van der Waals surface area contributed by atoms with Crippen LogP contribution in [0, 0.1) is 0 Å². The molecule has 0 atom stereocenters. The van der Waals surface area contributed by atoms with E-state index in [1.807, 2.05) is 36.4 Å². The lowest BCUT2D eigenvalue weighted by molar-refractivity contribution is -0.134. The first-order valence-electron chi connectivity index (χ1n) is 9.17. The number of fused-ring (bicyclic) bond motifs is 1. The van der Waals surface area contributed by atoms with Gasteiger partial charge in [-0.05, 0) is 30.2 Å². The molecule has 4 nitrogen and oxygen atoms in total. The number of ether oxygens (including phenoxy) is 1. The topological polar surface area (TPSA) is 56.5 Å². The molecule has 4 rings (SSSR count). The van der Waals surface area contributed by atoms with Crippen LogP contribution in [-0.4, -0.2) is 5.97 Å². The molecule has 29 heavy (non-hydrogen) atoms. The predicted molar refractivity (Wildman–Crippen MR) is 113 cm³/mol. The second-order valence-electron chi connectivity index (χ2n) is 6.58. The fourth-order valence-electron chi connectivity index (χ4n) is 3.11. The summed E-state index contributed by atoms with van der Waals surface area (Å²) in [4.78, 5) is 25.0. The van der Waals surface area contributed by atoms with E-state index in [4.69, 9.17) is 20.8 Å². The molecule has 0 saturated carbocycles. The van der Waals surface area contributed by atoms with Gasteiger partial charge in [-0.3, -0.25) is 9.59 Å². The van der Waals surface area contributed by atoms with Crippen molar-refractivity contribution in [3.63, 3.8) is 0 Å². The van der Waals surface area contributed by atoms with Crippen LogP contribution in [0.5, 0.6) is 5.75 Å².